The van der Waals surface area contributed by atoms with Gasteiger partial charge in [0.15, 0.2) is 0 Å². The molecule has 2 aromatic rings. The zero-order chi connectivity index (χ0) is 20.6. The molecule has 1 aliphatic rings. The number of benzene rings is 2. The summed E-state index contributed by atoms with van der Waals surface area (Å²) in [4.78, 5) is 25.1. The Bertz CT molecular complexity index is 759. The van der Waals surface area contributed by atoms with E-state index in [1.165, 1.54) is 0 Å². The van der Waals surface area contributed by atoms with E-state index >= 15 is 0 Å². The van der Waals surface area contributed by atoms with E-state index in [1.807, 2.05) is 48.5 Å². The lowest BCUT2D eigenvalue weighted by atomic mass is 9.94. The summed E-state index contributed by atoms with van der Waals surface area (Å²) >= 11 is 11.8. The minimum absolute atomic E-state index is 0. The summed E-state index contributed by atoms with van der Waals surface area (Å²) in [5.41, 5.74) is 2.21. The summed E-state index contributed by atoms with van der Waals surface area (Å²) in [5, 5.41) is 10.5. The van der Waals surface area contributed by atoms with Crippen molar-refractivity contribution in [2.75, 3.05) is 26.2 Å². The van der Waals surface area contributed by atoms with Gasteiger partial charge in [0.25, 0.3) is 0 Å². The van der Waals surface area contributed by atoms with E-state index in [-0.39, 0.29) is 36.1 Å². The maximum Gasteiger partial charge on any atom is 0.225 e. The fraction of sp³-hybridized carbons (Fsp3) is 0.364. The Hall–Kier alpha value is -1.79. The molecule has 8 heteroatoms. The Morgan fingerprint density at radius 2 is 1.13 bits per heavy atom. The van der Waals surface area contributed by atoms with Crippen LogP contribution in [-0.4, -0.2) is 38.0 Å². The molecule has 5 nitrogen and oxygen atoms in total. The van der Waals surface area contributed by atoms with Gasteiger partial charge < -0.3 is 16.0 Å². The predicted octanol–water partition coefficient (Wildman–Crippen LogP) is 3.27. The molecule has 2 aromatic carbocycles. The zero-order valence-electron chi connectivity index (χ0n) is 16.5. The quantitative estimate of drug-likeness (QED) is 0.554. The number of carbonyl (C=O) groups is 2. The molecule has 2 amide bonds. The van der Waals surface area contributed by atoms with Gasteiger partial charge in [0.05, 0.1) is 11.8 Å². The Balaban J connectivity index is 0.00000320. The van der Waals surface area contributed by atoms with Crippen LogP contribution in [0, 0.1) is 11.8 Å². The van der Waals surface area contributed by atoms with E-state index in [2.05, 4.69) is 16.0 Å². The fourth-order valence-electron chi connectivity index (χ4n) is 3.45. The van der Waals surface area contributed by atoms with Gasteiger partial charge in [-0.2, -0.15) is 0 Å². The van der Waals surface area contributed by atoms with Gasteiger partial charge >= 0.3 is 0 Å². The molecule has 3 N–H and O–H groups in total. The maximum atomic E-state index is 12.6. The number of hydrogen-bond acceptors (Lipinski definition) is 3. The van der Waals surface area contributed by atoms with Crippen LogP contribution in [0.4, 0.5) is 0 Å². The number of hydrogen-bond donors (Lipinski definition) is 3. The first-order chi connectivity index (χ1) is 14.0. The smallest absolute Gasteiger partial charge is 0.225 e. The molecule has 30 heavy (non-hydrogen) atoms. The third-order valence-electron chi connectivity index (χ3n) is 5.14. The molecule has 0 aromatic heterocycles. The molecule has 1 aliphatic heterocycles. The first kappa shape index (κ1) is 24.5. The molecule has 2 atom stereocenters. The summed E-state index contributed by atoms with van der Waals surface area (Å²) < 4.78 is 0. The molecule has 162 valence electrons. The van der Waals surface area contributed by atoms with E-state index in [0.29, 0.717) is 36.2 Å². The van der Waals surface area contributed by atoms with Crippen LogP contribution >= 0.6 is 35.6 Å². The van der Waals surface area contributed by atoms with Gasteiger partial charge in [-0.05, 0) is 48.2 Å². The molecule has 0 bridgehead atoms. The highest BCUT2D eigenvalue weighted by Crippen LogP contribution is 2.18. The molecule has 0 saturated carbocycles. The lowest BCUT2D eigenvalue weighted by Crippen LogP contribution is -2.42. The lowest BCUT2D eigenvalue weighted by Gasteiger charge is -2.18. The third kappa shape index (κ3) is 7.17. The summed E-state index contributed by atoms with van der Waals surface area (Å²) in [6.45, 7) is 2.09. The molecule has 3 rings (SSSR count). The average Bonchev–Trinajstić information content (AvgIpc) is 3.21. The van der Waals surface area contributed by atoms with Crippen molar-refractivity contribution in [1.29, 1.82) is 0 Å². The van der Waals surface area contributed by atoms with Crippen molar-refractivity contribution < 1.29 is 9.59 Å². The minimum Gasteiger partial charge on any atom is -0.355 e. The molecule has 1 fully saturated rings. The van der Waals surface area contributed by atoms with Crippen molar-refractivity contribution in [2.45, 2.75) is 12.8 Å². The van der Waals surface area contributed by atoms with E-state index in [9.17, 15) is 9.59 Å². The largest absolute Gasteiger partial charge is 0.355 e. The van der Waals surface area contributed by atoms with E-state index in [1.54, 1.807) is 0 Å². The van der Waals surface area contributed by atoms with Crippen LogP contribution in [0.5, 0.6) is 0 Å². The Morgan fingerprint density at radius 1 is 0.767 bits per heavy atom. The Morgan fingerprint density at radius 3 is 1.50 bits per heavy atom. The summed E-state index contributed by atoms with van der Waals surface area (Å²) in [5.74, 6) is -0.866. The highest BCUT2D eigenvalue weighted by atomic mass is 35.5. The second-order valence-corrected chi connectivity index (χ2v) is 8.08. The van der Waals surface area contributed by atoms with Gasteiger partial charge in [0, 0.05) is 36.2 Å². The number of carbonyl (C=O) groups excluding carboxylic acids is 2. The van der Waals surface area contributed by atoms with Crippen LogP contribution in [0.3, 0.4) is 0 Å². The minimum atomic E-state index is -0.351. The second kappa shape index (κ2) is 12.2. The molecular formula is C22H26Cl3N3O2. The van der Waals surface area contributed by atoms with Crippen molar-refractivity contribution in [3.8, 4) is 0 Å². The van der Waals surface area contributed by atoms with Gasteiger partial charge in [-0.15, -0.1) is 12.4 Å². The van der Waals surface area contributed by atoms with Crippen LogP contribution in [0.1, 0.15) is 11.1 Å². The monoisotopic (exact) mass is 469 g/mol. The number of rotatable bonds is 8. The fourth-order valence-corrected chi connectivity index (χ4v) is 3.71. The molecule has 0 unspecified atom stereocenters. The zero-order valence-corrected chi connectivity index (χ0v) is 18.8. The first-order valence-electron chi connectivity index (χ1n) is 9.78. The molecule has 0 aliphatic carbocycles. The van der Waals surface area contributed by atoms with Gasteiger partial charge in [0.2, 0.25) is 11.8 Å². The molecule has 1 saturated heterocycles. The van der Waals surface area contributed by atoms with E-state index in [4.69, 9.17) is 23.2 Å². The second-order valence-electron chi connectivity index (χ2n) is 7.21. The summed E-state index contributed by atoms with van der Waals surface area (Å²) in [6, 6.07) is 15.1. The van der Waals surface area contributed by atoms with Crippen LogP contribution in [0.15, 0.2) is 48.5 Å². The topological polar surface area (TPSA) is 70.2 Å². The van der Waals surface area contributed by atoms with Crippen molar-refractivity contribution >= 4 is 47.4 Å². The summed E-state index contributed by atoms with van der Waals surface area (Å²) in [6.07, 6.45) is 1.45. The molecule has 0 spiro atoms. The highest BCUT2D eigenvalue weighted by molar-refractivity contribution is 6.30. The predicted molar refractivity (Wildman–Crippen MR) is 123 cm³/mol. The molecule has 0 radical (unpaired) electrons. The van der Waals surface area contributed by atoms with Crippen molar-refractivity contribution in [1.82, 2.24) is 16.0 Å². The van der Waals surface area contributed by atoms with Crippen LogP contribution in [0.2, 0.25) is 10.0 Å². The first-order valence-corrected chi connectivity index (χ1v) is 10.5. The van der Waals surface area contributed by atoms with Gasteiger partial charge in [0.1, 0.15) is 0 Å². The van der Waals surface area contributed by atoms with Crippen molar-refractivity contribution in [3.63, 3.8) is 0 Å². The summed E-state index contributed by atoms with van der Waals surface area (Å²) in [7, 11) is 0. The lowest BCUT2D eigenvalue weighted by molar-refractivity contribution is -0.132. The maximum absolute atomic E-state index is 12.6. The van der Waals surface area contributed by atoms with Gasteiger partial charge in [-0.25, -0.2) is 0 Å². The van der Waals surface area contributed by atoms with Crippen LogP contribution in [-0.2, 0) is 22.4 Å². The average molecular weight is 471 g/mol. The number of halogens is 3. The number of amides is 2. The molecular weight excluding hydrogens is 445 g/mol. The van der Waals surface area contributed by atoms with E-state index in [0.717, 1.165) is 24.0 Å². The Labute approximate surface area is 193 Å². The van der Waals surface area contributed by atoms with E-state index < -0.39 is 0 Å². The van der Waals surface area contributed by atoms with Crippen molar-refractivity contribution in [2.24, 2.45) is 11.8 Å². The standard InChI is InChI=1S/C22H25Cl2N3O2.ClH/c23-17-5-1-15(2-6-17)9-11-26-21(28)19-13-25-14-20(19)22(29)27-12-10-16-3-7-18(24)8-4-16;/h1-8,19-20,25H,9-14H2,(H,26,28)(H,27,29);1H/t19-,20-;/m0./s1. The Kier molecular flexibility index (Phi) is 9.92. The van der Waals surface area contributed by atoms with Gasteiger partial charge in [-0.1, -0.05) is 47.5 Å². The van der Waals surface area contributed by atoms with Crippen molar-refractivity contribution in [3.05, 3.63) is 69.7 Å². The van der Waals surface area contributed by atoms with Gasteiger partial charge in [-0.3, -0.25) is 9.59 Å². The van der Waals surface area contributed by atoms with Crippen LogP contribution < -0.4 is 16.0 Å². The SMILES string of the molecule is Cl.O=C(NCCc1ccc(Cl)cc1)[C@H]1CNC[C@@H]1C(=O)NCCc1ccc(Cl)cc1. The van der Waals surface area contributed by atoms with Crippen LogP contribution in [0.25, 0.3) is 0 Å². The normalized spacial score (nSPS) is 17.8. The third-order valence-corrected chi connectivity index (χ3v) is 5.64. The number of nitrogens with one attached hydrogen (secondary N) is 3. The molecule has 1 heterocycles. The highest BCUT2D eigenvalue weighted by Gasteiger charge is 2.37.